The molecule has 0 N–H and O–H groups in total. The molecule has 0 radical (unpaired) electrons. The molecule has 0 amide bonds. The van der Waals surface area contributed by atoms with Crippen LogP contribution in [0.4, 0.5) is 0 Å². The topological polar surface area (TPSA) is 78.3 Å². The van der Waals surface area contributed by atoms with Crippen LogP contribution in [0.1, 0.15) is 20.8 Å². The second-order valence-electron chi connectivity index (χ2n) is 4.44. The summed E-state index contributed by atoms with van der Waals surface area (Å²) in [6, 6.07) is 0. The number of esters is 1. The number of Topliss-reactive ketones (excluding diaryl/α,β-unsaturated/α-hetero) is 1. The van der Waals surface area contributed by atoms with Crippen LogP contribution in [0, 0.1) is 8.99 Å². The summed E-state index contributed by atoms with van der Waals surface area (Å²) >= 11 is 1.85. The first-order chi connectivity index (χ1) is 8.80. The van der Waals surface area contributed by atoms with Crippen LogP contribution in [-0.4, -0.2) is 27.9 Å². The van der Waals surface area contributed by atoms with E-state index in [-0.39, 0.29) is 18.7 Å². The molecule has 7 heteroatoms. The first-order valence-corrected chi connectivity index (χ1v) is 6.79. The third-order valence-corrected chi connectivity index (χ3v) is 3.40. The van der Waals surface area contributed by atoms with Crippen molar-refractivity contribution in [1.82, 2.24) is 9.55 Å². The Kier molecular flexibility index (Phi) is 5.21. The van der Waals surface area contributed by atoms with Crippen LogP contribution < -0.4 is 5.56 Å². The highest BCUT2D eigenvalue weighted by Gasteiger charge is 2.37. The van der Waals surface area contributed by atoms with Gasteiger partial charge in [0.2, 0.25) is 0 Å². The molecule has 0 saturated heterocycles. The first kappa shape index (κ1) is 15.8. The molecule has 0 atom stereocenters. The van der Waals surface area contributed by atoms with E-state index in [9.17, 15) is 14.4 Å². The summed E-state index contributed by atoms with van der Waals surface area (Å²) in [4.78, 5) is 39.4. The van der Waals surface area contributed by atoms with Crippen molar-refractivity contribution in [2.24, 2.45) is 5.41 Å². The number of nitrogens with zero attached hydrogens (tertiary/aromatic N) is 2. The number of hydrogen-bond acceptors (Lipinski definition) is 5. The number of ether oxygens (including phenoxy) is 1. The van der Waals surface area contributed by atoms with Gasteiger partial charge in [-0.2, -0.15) is 0 Å². The number of rotatable bonds is 5. The lowest BCUT2D eigenvalue weighted by atomic mass is 9.88. The molecule has 0 fully saturated rings. The van der Waals surface area contributed by atoms with Crippen molar-refractivity contribution in [3.05, 3.63) is 26.4 Å². The van der Waals surface area contributed by atoms with Gasteiger partial charge in [-0.15, -0.1) is 0 Å². The largest absolute Gasteiger partial charge is 0.465 e. The maximum Gasteiger partial charge on any atom is 0.319 e. The Hall–Kier alpha value is -1.25. The fraction of sp³-hybridized carbons (Fsp3) is 0.500. The molecule has 19 heavy (non-hydrogen) atoms. The third-order valence-electron chi connectivity index (χ3n) is 2.66. The second kappa shape index (κ2) is 6.27. The van der Waals surface area contributed by atoms with Gasteiger partial charge in [-0.25, -0.2) is 4.98 Å². The summed E-state index contributed by atoms with van der Waals surface area (Å²) in [6.45, 7) is 4.65. The van der Waals surface area contributed by atoms with E-state index in [4.69, 9.17) is 4.74 Å². The van der Waals surface area contributed by atoms with Gasteiger partial charge in [0.25, 0.3) is 5.56 Å². The summed E-state index contributed by atoms with van der Waals surface area (Å²) in [5.41, 5.74) is -1.58. The number of ketones is 1. The molecule has 0 aliphatic rings. The Labute approximate surface area is 124 Å². The quantitative estimate of drug-likeness (QED) is 0.434. The van der Waals surface area contributed by atoms with Gasteiger partial charge in [-0.3, -0.25) is 19.0 Å². The van der Waals surface area contributed by atoms with Gasteiger partial charge in [0.15, 0.2) is 5.78 Å². The Morgan fingerprint density at radius 3 is 2.68 bits per heavy atom. The van der Waals surface area contributed by atoms with E-state index >= 15 is 0 Å². The van der Waals surface area contributed by atoms with E-state index in [1.165, 1.54) is 30.9 Å². The van der Waals surface area contributed by atoms with Crippen molar-refractivity contribution in [3.8, 4) is 0 Å². The number of hydrogen-bond donors (Lipinski definition) is 0. The van der Waals surface area contributed by atoms with Gasteiger partial charge >= 0.3 is 5.97 Å². The zero-order chi connectivity index (χ0) is 14.6. The summed E-state index contributed by atoms with van der Waals surface area (Å²) in [5.74, 6) is -0.983. The van der Waals surface area contributed by atoms with Crippen LogP contribution in [0.15, 0.2) is 17.3 Å². The van der Waals surface area contributed by atoms with Crippen LogP contribution >= 0.6 is 22.6 Å². The van der Waals surface area contributed by atoms with Crippen LogP contribution in [0.3, 0.4) is 0 Å². The molecular formula is C12H15IN2O4. The maximum absolute atomic E-state index is 12.1. The van der Waals surface area contributed by atoms with E-state index < -0.39 is 17.2 Å². The first-order valence-electron chi connectivity index (χ1n) is 5.71. The average molecular weight is 378 g/mol. The summed E-state index contributed by atoms with van der Waals surface area (Å²) < 4.78 is 6.46. The number of carbonyl (C=O) groups is 2. The van der Waals surface area contributed by atoms with Crippen molar-refractivity contribution in [1.29, 1.82) is 0 Å². The van der Waals surface area contributed by atoms with Gasteiger partial charge in [-0.05, 0) is 43.4 Å². The lowest BCUT2D eigenvalue weighted by Crippen LogP contribution is -2.39. The zero-order valence-electron chi connectivity index (χ0n) is 11.0. The molecule has 0 unspecified atom stereocenters. The molecule has 0 aliphatic carbocycles. The smallest absolute Gasteiger partial charge is 0.319 e. The molecule has 1 aromatic heterocycles. The minimum absolute atomic E-state index is 0.200. The van der Waals surface area contributed by atoms with Crippen molar-refractivity contribution in [3.63, 3.8) is 0 Å². The van der Waals surface area contributed by atoms with E-state index in [0.717, 1.165) is 0 Å². The van der Waals surface area contributed by atoms with E-state index in [1.807, 2.05) is 22.6 Å². The second-order valence-corrected chi connectivity index (χ2v) is 5.61. The van der Waals surface area contributed by atoms with Crippen LogP contribution in [0.5, 0.6) is 0 Å². The lowest BCUT2D eigenvalue weighted by molar-refractivity contribution is -0.158. The Balaban J connectivity index is 2.93. The standard InChI is InChI=1S/C12H15IN2O4/c1-4-19-11(18)12(2,3)9(16)6-15-7-14-5-8(13)10(15)17/h5,7H,4,6H2,1-3H3. The zero-order valence-corrected chi connectivity index (χ0v) is 13.1. The average Bonchev–Trinajstić information content (AvgIpc) is 2.35. The van der Waals surface area contributed by atoms with Gasteiger partial charge < -0.3 is 4.74 Å². The summed E-state index contributed by atoms with van der Waals surface area (Å²) in [6.07, 6.45) is 2.70. The van der Waals surface area contributed by atoms with Crippen molar-refractivity contribution in [2.45, 2.75) is 27.3 Å². The molecule has 104 valence electrons. The van der Waals surface area contributed by atoms with Crippen molar-refractivity contribution in [2.75, 3.05) is 6.61 Å². The Morgan fingerprint density at radius 1 is 1.47 bits per heavy atom. The molecule has 0 bridgehead atoms. The Morgan fingerprint density at radius 2 is 2.11 bits per heavy atom. The van der Waals surface area contributed by atoms with E-state index in [2.05, 4.69) is 4.98 Å². The molecule has 6 nitrogen and oxygen atoms in total. The molecule has 1 heterocycles. The molecule has 1 rings (SSSR count). The Bertz CT molecular complexity index is 551. The van der Waals surface area contributed by atoms with Crippen LogP contribution in [0.25, 0.3) is 0 Å². The number of carbonyl (C=O) groups excluding carboxylic acids is 2. The minimum Gasteiger partial charge on any atom is -0.465 e. The van der Waals surface area contributed by atoms with Gasteiger partial charge in [0, 0.05) is 6.20 Å². The SMILES string of the molecule is CCOC(=O)C(C)(C)C(=O)Cn1cncc(I)c1=O. The highest BCUT2D eigenvalue weighted by Crippen LogP contribution is 2.19. The van der Waals surface area contributed by atoms with E-state index in [0.29, 0.717) is 3.57 Å². The predicted molar refractivity (Wildman–Crippen MR) is 76.6 cm³/mol. The fourth-order valence-corrected chi connectivity index (χ4v) is 1.79. The van der Waals surface area contributed by atoms with Crippen LogP contribution in [-0.2, 0) is 20.9 Å². The highest BCUT2D eigenvalue weighted by molar-refractivity contribution is 14.1. The molecule has 1 aromatic rings. The lowest BCUT2D eigenvalue weighted by Gasteiger charge is -2.21. The summed E-state index contributed by atoms with van der Waals surface area (Å²) in [7, 11) is 0. The minimum atomic E-state index is -1.28. The molecule has 0 aromatic carbocycles. The molecule has 0 aliphatic heterocycles. The van der Waals surface area contributed by atoms with Crippen molar-refractivity contribution >= 4 is 34.3 Å². The van der Waals surface area contributed by atoms with Gasteiger partial charge in [-0.1, -0.05) is 0 Å². The molecule has 0 saturated carbocycles. The fourth-order valence-electron chi connectivity index (χ4n) is 1.31. The normalized spacial score (nSPS) is 11.2. The van der Waals surface area contributed by atoms with E-state index in [1.54, 1.807) is 6.92 Å². The monoisotopic (exact) mass is 378 g/mol. The number of aromatic nitrogens is 2. The van der Waals surface area contributed by atoms with Crippen molar-refractivity contribution < 1.29 is 14.3 Å². The molecule has 0 spiro atoms. The third kappa shape index (κ3) is 3.62. The number of halogens is 1. The summed E-state index contributed by atoms with van der Waals surface area (Å²) in [5, 5.41) is 0. The molecular weight excluding hydrogens is 363 g/mol. The highest BCUT2D eigenvalue weighted by atomic mass is 127. The maximum atomic E-state index is 12.1. The van der Waals surface area contributed by atoms with Gasteiger partial charge in [0.1, 0.15) is 5.41 Å². The van der Waals surface area contributed by atoms with Gasteiger partial charge in [0.05, 0.1) is 23.0 Å². The predicted octanol–water partition coefficient (Wildman–Crippen LogP) is 1.01. The van der Waals surface area contributed by atoms with Crippen LogP contribution in [0.2, 0.25) is 0 Å².